The molecule has 3 N–H and O–H groups in total. The smallest absolute Gasteiger partial charge is 0.325 e. The Morgan fingerprint density at radius 1 is 1.39 bits per heavy atom. The highest BCUT2D eigenvalue weighted by atomic mass is 32.2. The van der Waals surface area contributed by atoms with E-state index in [1.807, 2.05) is 6.92 Å². The van der Waals surface area contributed by atoms with Crippen LogP contribution in [0.15, 0.2) is 29.2 Å². The number of methoxy groups -OCH3 is 1. The summed E-state index contributed by atoms with van der Waals surface area (Å²) in [5, 5.41) is 0. The van der Waals surface area contributed by atoms with Gasteiger partial charge in [-0.3, -0.25) is 4.79 Å². The van der Waals surface area contributed by atoms with Crippen molar-refractivity contribution in [2.75, 3.05) is 13.7 Å². The number of esters is 1. The van der Waals surface area contributed by atoms with Gasteiger partial charge >= 0.3 is 5.97 Å². The Bertz CT molecular complexity index is 510. The molecule has 0 spiro atoms. The summed E-state index contributed by atoms with van der Waals surface area (Å²) >= 11 is 0. The Morgan fingerprint density at radius 3 is 2.39 bits per heavy atom. The molecule has 0 fully saturated rings. The Hall–Kier alpha value is -1.44. The quantitative estimate of drug-likeness (QED) is 0.722. The van der Waals surface area contributed by atoms with Crippen molar-refractivity contribution >= 4 is 16.0 Å². The average molecular weight is 272 g/mol. The van der Waals surface area contributed by atoms with Gasteiger partial charge in [-0.2, -0.15) is 4.72 Å². The van der Waals surface area contributed by atoms with E-state index in [1.54, 1.807) is 12.1 Å². The molecule has 18 heavy (non-hydrogen) atoms. The summed E-state index contributed by atoms with van der Waals surface area (Å²) in [6, 6.07) is 5.18. The van der Waals surface area contributed by atoms with Crippen molar-refractivity contribution in [2.45, 2.75) is 17.9 Å². The number of aryl methyl sites for hydroxylation is 1. The Morgan fingerprint density at radius 2 is 1.94 bits per heavy atom. The van der Waals surface area contributed by atoms with Gasteiger partial charge in [0.25, 0.3) is 0 Å². The molecule has 0 radical (unpaired) electrons. The summed E-state index contributed by atoms with van der Waals surface area (Å²) < 4.78 is 30.6. The molecule has 0 aromatic heterocycles. The molecular formula is C11H16N2O4S. The minimum Gasteiger partial charge on any atom is -0.468 e. The lowest BCUT2D eigenvalue weighted by Crippen LogP contribution is -2.46. The highest BCUT2D eigenvalue weighted by Crippen LogP contribution is 2.10. The van der Waals surface area contributed by atoms with E-state index in [9.17, 15) is 13.2 Å². The first-order valence-corrected chi connectivity index (χ1v) is 6.76. The number of carbonyl (C=O) groups is 1. The molecule has 0 aliphatic heterocycles. The summed E-state index contributed by atoms with van der Waals surface area (Å²) in [4.78, 5) is 11.4. The molecule has 1 aromatic rings. The maximum absolute atomic E-state index is 12.0. The van der Waals surface area contributed by atoms with Gasteiger partial charge in [-0.25, -0.2) is 8.42 Å². The van der Waals surface area contributed by atoms with Gasteiger partial charge in [0.2, 0.25) is 10.0 Å². The summed E-state index contributed by atoms with van der Waals surface area (Å²) in [5.74, 6) is -0.715. The third-order valence-electron chi connectivity index (χ3n) is 2.35. The van der Waals surface area contributed by atoms with Crippen molar-refractivity contribution in [1.29, 1.82) is 0 Å². The second-order valence-electron chi connectivity index (χ2n) is 3.75. The zero-order valence-corrected chi connectivity index (χ0v) is 11.0. The first-order chi connectivity index (χ1) is 8.40. The summed E-state index contributed by atoms with van der Waals surface area (Å²) in [5.41, 5.74) is 6.27. The zero-order valence-electron chi connectivity index (χ0n) is 10.2. The predicted octanol–water partition coefficient (Wildman–Crippen LogP) is -0.226. The standard InChI is InChI=1S/C11H16N2O4S/c1-8-3-5-9(6-4-8)18(15,16)13-10(7-12)11(14)17-2/h3-6,10,13H,7,12H2,1-2H3/t10-/m0/s1. The van der Waals surface area contributed by atoms with Gasteiger partial charge in [-0.15, -0.1) is 0 Å². The molecule has 0 unspecified atom stereocenters. The van der Waals surface area contributed by atoms with Gasteiger partial charge in [0.15, 0.2) is 0 Å². The van der Waals surface area contributed by atoms with Crippen LogP contribution in [0.2, 0.25) is 0 Å². The average Bonchev–Trinajstić information content (AvgIpc) is 2.35. The second kappa shape index (κ2) is 5.94. The highest BCUT2D eigenvalue weighted by molar-refractivity contribution is 7.89. The number of ether oxygens (including phenoxy) is 1. The van der Waals surface area contributed by atoms with Crippen molar-refractivity contribution in [2.24, 2.45) is 5.73 Å². The lowest BCUT2D eigenvalue weighted by molar-refractivity contribution is -0.142. The van der Waals surface area contributed by atoms with Gasteiger partial charge in [0.05, 0.1) is 12.0 Å². The molecule has 0 heterocycles. The minimum atomic E-state index is -3.77. The molecular weight excluding hydrogens is 256 g/mol. The second-order valence-corrected chi connectivity index (χ2v) is 5.46. The van der Waals surface area contributed by atoms with Gasteiger partial charge in [-0.1, -0.05) is 17.7 Å². The molecule has 0 amide bonds. The summed E-state index contributed by atoms with van der Waals surface area (Å²) in [6.45, 7) is 1.68. The number of sulfonamides is 1. The Balaban J connectivity index is 2.94. The van der Waals surface area contributed by atoms with E-state index in [0.29, 0.717) is 0 Å². The Labute approximate surface area is 106 Å². The predicted molar refractivity (Wildman–Crippen MR) is 66.4 cm³/mol. The third-order valence-corrected chi connectivity index (χ3v) is 3.84. The van der Waals surface area contributed by atoms with Crippen LogP contribution in [0, 0.1) is 6.92 Å². The van der Waals surface area contributed by atoms with E-state index in [0.717, 1.165) is 5.56 Å². The number of rotatable bonds is 5. The molecule has 100 valence electrons. The maximum atomic E-state index is 12.0. The van der Waals surface area contributed by atoms with Gasteiger partial charge in [-0.05, 0) is 19.1 Å². The number of nitrogens with one attached hydrogen (secondary N) is 1. The molecule has 1 rings (SSSR count). The van der Waals surface area contributed by atoms with E-state index in [1.165, 1.54) is 19.2 Å². The van der Waals surface area contributed by atoms with E-state index in [-0.39, 0.29) is 11.4 Å². The molecule has 7 heteroatoms. The fraction of sp³-hybridized carbons (Fsp3) is 0.364. The molecule has 0 saturated carbocycles. The van der Waals surface area contributed by atoms with Gasteiger partial charge in [0, 0.05) is 6.54 Å². The molecule has 0 saturated heterocycles. The largest absolute Gasteiger partial charge is 0.468 e. The molecule has 0 aliphatic carbocycles. The highest BCUT2D eigenvalue weighted by Gasteiger charge is 2.24. The monoisotopic (exact) mass is 272 g/mol. The van der Waals surface area contributed by atoms with Crippen LogP contribution < -0.4 is 10.5 Å². The Kier molecular flexibility index (Phi) is 4.83. The van der Waals surface area contributed by atoms with Crippen LogP contribution in [-0.2, 0) is 19.6 Å². The van der Waals surface area contributed by atoms with E-state index >= 15 is 0 Å². The normalized spacial score (nSPS) is 13.1. The maximum Gasteiger partial charge on any atom is 0.325 e. The molecule has 6 nitrogen and oxygen atoms in total. The van der Waals surface area contributed by atoms with Crippen LogP contribution in [0.1, 0.15) is 5.56 Å². The van der Waals surface area contributed by atoms with Crippen molar-refractivity contribution in [3.05, 3.63) is 29.8 Å². The van der Waals surface area contributed by atoms with Crippen LogP contribution >= 0.6 is 0 Å². The van der Waals surface area contributed by atoms with Crippen molar-refractivity contribution in [3.63, 3.8) is 0 Å². The molecule has 0 bridgehead atoms. The van der Waals surface area contributed by atoms with E-state index in [2.05, 4.69) is 9.46 Å². The van der Waals surface area contributed by atoms with E-state index in [4.69, 9.17) is 5.73 Å². The van der Waals surface area contributed by atoms with Crippen LogP contribution in [0.3, 0.4) is 0 Å². The van der Waals surface area contributed by atoms with Crippen LogP contribution in [0.4, 0.5) is 0 Å². The van der Waals surface area contributed by atoms with Crippen LogP contribution in [0.5, 0.6) is 0 Å². The topological polar surface area (TPSA) is 98.5 Å². The third kappa shape index (κ3) is 3.52. The number of nitrogens with two attached hydrogens (primary N) is 1. The van der Waals surface area contributed by atoms with Crippen molar-refractivity contribution in [1.82, 2.24) is 4.72 Å². The van der Waals surface area contributed by atoms with Gasteiger partial charge < -0.3 is 10.5 Å². The number of hydrogen-bond acceptors (Lipinski definition) is 5. The van der Waals surface area contributed by atoms with Crippen LogP contribution in [0.25, 0.3) is 0 Å². The summed E-state index contributed by atoms with van der Waals surface area (Å²) in [6.07, 6.45) is 0. The SMILES string of the molecule is COC(=O)[C@H](CN)NS(=O)(=O)c1ccc(C)cc1. The lowest BCUT2D eigenvalue weighted by Gasteiger charge is -2.14. The molecule has 1 aromatic carbocycles. The van der Waals surface area contributed by atoms with Gasteiger partial charge in [0.1, 0.15) is 6.04 Å². The first kappa shape index (κ1) is 14.6. The van der Waals surface area contributed by atoms with Crippen molar-refractivity contribution < 1.29 is 17.9 Å². The minimum absolute atomic E-state index is 0.0791. The number of hydrogen-bond donors (Lipinski definition) is 2. The molecule has 0 aliphatic rings. The van der Waals surface area contributed by atoms with E-state index < -0.39 is 22.0 Å². The number of benzene rings is 1. The first-order valence-electron chi connectivity index (χ1n) is 5.27. The fourth-order valence-corrected chi connectivity index (χ4v) is 2.50. The van der Waals surface area contributed by atoms with Crippen LogP contribution in [-0.4, -0.2) is 34.1 Å². The zero-order chi connectivity index (χ0) is 13.8. The molecule has 1 atom stereocenters. The fourth-order valence-electron chi connectivity index (χ4n) is 1.31. The summed E-state index contributed by atoms with van der Waals surface area (Å²) in [7, 11) is -2.60. The van der Waals surface area contributed by atoms with Crippen molar-refractivity contribution in [3.8, 4) is 0 Å². The number of carbonyl (C=O) groups excluding carboxylic acids is 1. The lowest BCUT2D eigenvalue weighted by atomic mass is 10.2.